The molecule has 8 heteroatoms. The van der Waals surface area contributed by atoms with E-state index in [1.165, 1.54) is 16.9 Å². The van der Waals surface area contributed by atoms with Crippen molar-refractivity contribution < 1.29 is 14.3 Å². The lowest BCUT2D eigenvalue weighted by Crippen LogP contribution is -2.40. The summed E-state index contributed by atoms with van der Waals surface area (Å²) in [4.78, 5) is 21.4. The first-order valence-electron chi connectivity index (χ1n) is 10.3. The van der Waals surface area contributed by atoms with E-state index >= 15 is 0 Å². The molecular weight excluding hydrogens is 400 g/mol. The fourth-order valence-corrected chi connectivity index (χ4v) is 4.75. The summed E-state index contributed by atoms with van der Waals surface area (Å²) in [6.07, 6.45) is 0.889. The number of thiazole rings is 1. The Morgan fingerprint density at radius 1 is 1.23 bits per heavy atom. The number of fused-ring (bicyclic) bond motifs is 1. The zero-order chi connectivity index (χ0) is 21.1. The third-order valence-electron chi connectivity index (χ3n) is 5.34. The summed E-state index contributed by atoms with van der Waals surface area (Å²) in [5.41, 5.74) is 4.11. The molecule has 0 radical (unpaired) electrons. The van der Waals surface area contributed by atoms with Gasteiger partial charge in [0.1, 0.15) is 16.4 Å². The number of carbonyl (C=O) groups excluding carboxylic acids is 1. The maximum absolute atomic E-state index is 13.1. The van der Waals surface area contributed by atoms with Crippen molar-refractivity contribution in [2.24, 2.45) is 0 Å². The van der Waals surface area contributed by atoms with Gasteiger partial charge < -0.3 is 19.7 Å². The fourth-order valence-electron chi connectivity index (χ4n) is 3.65. The molecule has 0 bridgehead atoms. The Bertz CT molecular complexity index is 1020. The van der Waals surface area contributed by atoms with Crippen LogP contribution in [-0.2, 0) is 9.47 Å². The quantitative estimate of drug-likeness (QED) is 0.583. The van der Waals surface area contributed by atoms with Gasteiger partial charge in [-0.15, -0.1) is 0 Å². The Kier molecular flexibility index (Phi) is 6.36. The van der Waals surface area contributed by atoms with Crippen molar-refractivity contribution in [1.82, 2.24) is 14.3 Å². The van der Waals surface area contributed by atoms with Crippen molar-refractivity contribution in [2.75, 3.05) is 51.9 Å². The highest BCUT2D eigenvalue weighted by molar-refractivity contribution is 7.19. The van der Waals surface area contributed by atoms with Crippen LogP contribution in [0.3, 0.4) is 0 Å². The Morgan fingerprint density at radius 3 is 2.67 bits per heavy atom. The molecule has 1 aliphatic rings. The van der Waals surface area contributed by atoms with Crippen LogP contribution in [-0.4, -0.2) is 66.8 Å². The van der Waals surface area contributed by atoms with E-state index in [0.717, 1.165) is 45.6 Å². The van der Waals surface area contributed by atoms with Crippen LogP contribution < -0.4 is 5.32 Å². The summed E-state index contributed by atoms with van der Waals surface area (Å²) in [6, 6.07) is 8.38. The number of aromatic nitrogens is 2. The molecule has 1 aliphatic heterocycles. The van der Waals surface area contributed by atoms with Gasteiger partial charge in [0, 0.05) is 44.6 Å². The second-order valence-corrected chi connectivity index (χ2v) is 8.46. The van der Waals surface area contributed by atoms with Gasteiger partial charge in [-0.3, -0.25) is 9.20 Å². The summed E-state index contributed by atoms with van der Waals surface area (Å²) < 4.78 is 12.7. The van der Waals surface area contributed by atoms with Crippen LogP contribution in [0, 0.1) is 13.8 Å². The number of nitrogens with one attached hydrogen (secondary N) is 1. The number of morpholine rings is 1. The number of hydrogen-bond donors (Lipinski definition) is 1. The van der Waals surface area contributed by atoms with Gasteiger partial charge in [0.15, 0.2) is 4.96 Å². The molecule has 0 spiro atoms. The molecule has 7 nitrogen and oxygen atoms in total. The molecule has 1 fully saturated rings. The van der Waals surface area contributed by atoms with Crippen molar-refractivity contribution in [3.05, 3.63) is 40.4 Å². The first-order chi connectivity index (χ1) is 14.6. The van der Waals surface area contributed by atoms with E-state index in [0.29, 0.717) is 32.9 Å². The number of ether oxygens (including phenoxy) is 2. The van der Waals surface area contributed by atoms with E-state index in [-0.39, 0.29) is 5.91 Å². The SMILES string of the molecule is COCCCNc1c(-c2ccc(C)cc2)nc2sc(C(=O)N3CCOCC3)c(C)n12. The van der Waals surface area contributed by atoms with Crippen molar-refractivity contribution >= 4 is 28.0 Å². The summed E-state index contributed by atoms with van der Waals surface area (Å²) >= 11 is 1.46. The molecule has 0 aliphatic carbocycles. The Labute approximate surface area is 180 Å². The maximum atomic E-state index is 13.1. The Balaban J connectivity index is 1.73. The third kappa shape index (κ3) is 4.08. The van der Waals surface area contributed by atoms with Crippen LogP contribution in [0.25, 0.3) is 16.2 Å². The molecular formula is C22H28N4O3S. The number of amides is 1. The van der Waals surface area contributed by atoms with Crippen LogP contribution >= 0.6 is 11.3 Å². The second-order valence-electron chi connectivity index (χ2n) is 7.49. The second kappa shape index (κ2) is 9.16. The molecule has 1 aromatic carbocycles. The van der Waals surface area contributed by atoms with Crippen LogP contribution in [0.2, 0.25) is 0 Å². The molecule has 1 amide bonds. The van der Waals surface area contributed by atoms with Gasteiger partial charge in [-0.2, -0.15) is 0 Å². The number of nitrogens with zero attached hydrogens (tertiary/aromatic N) is 3. The number of anilines is 1. The fraction of sp³-hybridized carbons (Fsp3) is 0.455. The highest BCUT2D eigenvalue weighted by Gasteiger charge is 2.26. The molecule has 3 aromatic rings. The standard InChI is InChI=1S/C22H28N4O3S/c1-15-5-7-17(8-6-15)18-20(23-9-4-12-28-3)26-16(2)19(30-22(26)24-18)21(27)25-10-13-29-14-11-25/h5-8,23H,4,9-14H2,1-3H3. The van der Waals surface area contributed by atoms with E-state index in [1.54, 1.807) is 7.11 Å². The van der Waals surface area contributed by atoms with Crippen molar-refractivity contribution in [3.63, 3.8) is 0 Å². The highest BCUT2D eigenvalue weighted by atomic mass is 32.1. The zero-order valence-corrected chi connectivity index (χ0v) is 18.6. The Hall–Kier alpha value is -2.42. The van der Waals surface area contributed by atoms with Gasteiger partial charge in [0.2, 0.25) is 0 Å². The largest absolute Gasteiger partial charge is 0.385 e. The lowest BCUT2D eigenvalue weighted by atomic mass is 10.1. The minimum Gasteiger partial charge on any atom is -0.385 e. The van der Waals surface area contributed by atoms with Crippen LogP contribution in [0.15, 0.2) is 24.3 Å². The number of imidazole rings is 1. The molecule has 0 unspecified atom stereocenters. The number of rotatable bonds is 7. The Morgan fingerprint density at radius 2 is 1.97 bits per heavy atom. The molecule has 30 heavy (non-hydrogen) atoms. The average molecular weight is 429 g/mol. The number of aryl methyl sites for hydroxylation is 2. The summed E-state index contributed by atoms with van der Waals surface area (Å²) in [5, 5.41) is 3.54. The normalized spacial score (nSPS) is 14.4. The molecule has 3 heterocycles. The maximum Gasteiger partial charge on any atom is 0.266 e. The van der Waals surface area contributed by atoms with Gasteiger partial charge >= 0.3 is 0 Å². The van der Waals surface area contributed by atoms with Crippen molar-refractivity contribution in [1.29, 1.82) is 0 Å². The summed E-state index contributed by atoms with van der Waals surface area (Å²) in [5.74, 6) is 0.994. The van der Waals surface area contributed by atoms with Crippen LogP contribution in [0.4, 0.5) is 5.82 Å². The number of hydrogen-bond acceptors (Lipinski definition) is 6. The molecule has 1 saturated heterocycles. The predicted octanol–water partition coefficient (Wildman–Crippen LogP) is 3.60. The average Bonchev–Trinajstić information content (AvgIpc) is 3.29. The first-order valence-corrected chi connectivity index (χ1v) is 11.1. The van der Waals surface area contributed by atoms with E-state index in [9.17, 15) is 4.79 Å². The highest BCUT2D eigenvalue weighted by Crippen LogP contribution is 2.35. The molecule has 4 rings (SSSR count). The van der Waals surface area contributed by atoms with E-state index in [1.807, 2.05) is 11.8 Å². The van der Waals surface area contributed by atoms with Gasteiger partial charge in [0.25, 0.3) is 5.91 Å². The lowest BCUT2D eigenvalue weighted by molar-refractivity contribution is 0.0305. The number of carbonyl (C=O) groups is 1. The monoisotopic (exact) mass is 428 g/mol. The van der Waals surface area contributed by atoms with E-state index in [2.05, 4.69) is 40.9 Å². The molecule has 0 atom stereocenters. The third-order valence-corrected chi connectivity index (χ3v) is 6.47. The zero-order valence-electron chi connectivity index (χ0n) is 17.7. The molecule has 160 valence electrons. The van der Waals surface area contributed by atoms with E-state index < -0.39 is 0 Å². The molecule has 2 aromatic heterocycles. The molecule has 0 saturated carbocycles. The topological polar surface area (TPSA) is 68.1 Å². The van der Waals surface area contributed by atoms with Crippen LogP contribution in [0.1, 0.15) is 27.3 Å². The summed E-state index contributed by atoms with van der Waals surface area (Å²) in [7, 11) is 1.71. The minimum absolute atomic E-state index is 0.0634. The van der Waals surface area contributed by atoms with Crippen molar-refractivity contribution in [2.45, 2.75) is 20.3 Å². The van der Waals surface area contributed by atoms with E-state index in [4.69, 9.17) is 14.5 Å². The first kappa shape index (κ1) is 20.8. The molecule has 1 N–H and O–H groups in total. The van der Waals surface area contributed by atoms with Gasteiger partial charge in [-0.25, -0.2) is 4.98 Å². The van der Waals surface area contributed by atoms with Gasteiger partial charge in [-0.05, 0) is 20.3 Å². The minimum atomic E-state index is 0.0634. The van der Waals surface area contributed by atoms with Crippen molar-refractivity contribution in [3.8, 4) is 11.3 Å². The smallest absolute Gasteiger partial charge is 0.266 e. The van der Waals surface area contributed by atoms with Gasteiger partial charge in [0.05, 0.1) is 13.2 Å². The van der Waals surface area contributed by atoms with Gasteiger partial charge in [-0.1, -0.05) is 41.2 Å². The number of methoxy groups -OCH3 is 1. The lowest BCUT2D eigenvalue weighted by Gasteiger charge is -2.26. The number of benzene rings is 1. The predicted molar refractivity (Wildman–Crippen MR) is 120 cm³/mol. The van der Waals surface area contributed by atoms with Crippen LogP contribution in [0.5, 0.6) is 0 Å². The summed E-state index contributed by atoms with van der Waals surface area (Å²) in [6.45, 7) is 7.99.